The van der Waals surface area contributed by atoms with Gasteiger partial charge in [0.1, 0.15) is 11.6 Å². The maximum Gasteiger partial charge on any atom is 0.226 e. The summed E-state index contributed by atoms with van der Waals surface area (Å²) < 4.78 is 24.1. The first kappa shape index (κ1) is 13.9. The van der Waals surface area contributed by atoms with Crippen molar-refractivity contribution in [2.75, 3.05) is 11.9 Å². The molecule has 1 N–H and O–H groups in total. The second kappa shape index (κ2) is 6.11. The van der Waals surface area contributed by atoms with E-state index in [2.05, 4.69) is 15.5 Å². The Morgan fingerprint density at radius 2 is 2.29 bits per heavy atom. The highest BCUT2D eigenvalue weighted by Gasteiger charge is 2.22. The summed E-state index contributed by atoms with van der Waals surface area (Å²) in [6.45, 7) is 3.00. The lowest BCUT2D eigenvalue weighted by atomic mass is 10.2. The molecule has 0 atom stereocenters. The number of hydrogen-bond acceptors (Lipinski definition) is 5. The summed E-state index contributed by atoms with van der Waals surface area (Å²) in [6.07, 6.45) is 3.10. The quantitative estimate of drug-likeness (QED) is 0.849. The SMILES string of the molecule is CCc1nc(CNc2ccc(F)cc2OCC2CC2)no1. The Morgan fingerprint density at radius 3 is 3.00 bits per heavy atom. The Kier molecular flexibility index (Phi) is 4.03. The van der Waals surface area contributed by atoms with E-state index in [-0.39, 0.29) is 5.82 Å². The summed E-state index contributed by atoms with van der Waals surface area (Å²) in [6, 6.07) is 4.47. The van der Waals surface area contributed by atoms with E-state index in [1.807, 2.05) is 6.92 Å². The van der Waals surface area contributed by atoms with E-state index >= 15 is 0 Å². The molecule has 1 heterocycles. The van der Waals surface area contributed by atoms with E-state index in [4.69, 9.17) is 9.26 Å². The van der Waals surface area contributed by atoms with E-state index in [0.29, 0.717) is 43.0 Å². The molecule has 1 fully saturated rings. The van der Waals surface area contributed by atoms with Crippen molar-refractivity contribution in [2.24, 2.45) is 5.92 Å². The zero-order valence-corrected chi connectivity index (χ0v) is 11.9. The van der Waals surface area contributed by atoms with Crippen molar-refractivity contribution in [3.8, 4) is 5.75 Å². The zero-order chi connectivity index (χ0) is 14.7. The largest absolute Gasteiger partial charge is 0.491 e. The summed E-state index contributed by atoms with van der Waals surface area (Å²) in [5, 5.41) is 7.03. The van der Waals surface area contributed by atoms with Crippen LogP contribution in [0.15, 0.2) is 22.7 Å². The van der Waals surface area contributed by atoms with Gasteiger partial charge in [0.2, 0.25) is 5.89 Å². The molecule has 1 aromatic heterocycles. The van der Waals surface area contributed by atoms with Gasteiger partial charge >= 0.3 is 0 Å². The number of rotatable bonds is 7. The molecular weight excluding hydrogens is 273 g/mol. The van der Waals surface area contributed by atoms with Gasteiger partial charge in [0.25, 0.3) is 0 Å². The molecule has 112 valence electrons. The average Bonchev–Trinajstić information content (AvgIpc) is 3.21. The molecule has 21 heavy (non-hydrogen) atoms. The number of nitrogens with zero attached hydrogens (tertiary/aromatic N) is 2. The number of ether oxygens (including phenoxy) is 1. The zero-order valence-electron chi connectivity index (χ0n) is 11.9. The molecule has 2 aromatic rings. The highest BCUT2D eigenvalue weighted by atomic mass is 19.1. The Bertz CT molecular complexity index is 611. The van der Waals surface area contributed by atoms with Gasteiger partial charge in [0, 0.05) is 12.5 Å². The Morgan fingerprint density at radius 1 is 1.43 bits per heavy atom. The monoisotopic (exact) mass is 291 g/mol. The fraction of sp³-hybridized carbons (Fsp3) is 0.467. The normalized spacial score (nSPS) is 14.2. The molecule has 0 saturated heterocycles. The number of anilines is 1. The maximum atomic E-state index is 13.4. The Balaban J connectivity index is 1.65. The maximum absolute atomic E-state index is 13.4. The van der Waals surface area contributed by atoms with Crippen LogP contribution in [0, 0.1) is 11.7 Å². The van der Waals surface area contributed by atoms with Gasteiger partial charge in [-0.15, -0.1) is 0 Å². The van der Waals surface area contributed by atoms with E-state index in [0.717, 1.165) is 5.69 Å². The van der Waals surface area contributed by atoms with E-state index in [1.54, 1.807) is 6.07 Å². The fourth-order valence-corrected chi connectivity index (χ4v) is 1.93. The highest BCUT2D eigenvalue weighted by Crippen LogP contribution is 2.32. The van der Waals surface area contributed by atoms with Crippen LogP contribution in [0.3, 0.4) is 0 Å². The van der Waals surface area contributed by atoms with Crippen LogP contribution < -0.4 is 10.1 Å². The first-order valence-corrected chi connectivity index (χ1v) is 7.22. The summed E-state index contributed by atoms with van der Waals surface area (Å²) in [5.74, 6) is 2.02. The topological polar surface area (TPSA) is 60.2 Å². The van der Waals surface area contributed by atoms with Crippen LogP contribution in [0.1, 0.15) is 31.5 Å². The van der Waals surface area contributed by atoms with E-state index in [9.17, 15) is 4.39 Å². The lowest BCUT2D eigenvalue weighted by Gasteiger charge is -2.12. The van der Waals surface area contributed by atoms with Gasteiger partial charge in [-0.2, -0.15) is 4.98 Å². The summed E-state index contributed by atoms with van der Waals surface area (Å²) >= 11 is 0. The van der Waals surface area contributed by atoms with E-state index in [1.165, 1.54) is 25.0 Å². The van der Waals surface area contributed by atoms with Crippen molar-refractivity contribution in [3.63, 3.8) is 0 Å². The molecule has 0 amide bonds. The van der Waals surface area contributed by atoms with Gasteiger partial charge in [-0.25, -0.2) is 4.39 Å². The molecule has 0 unspecified atom stereocenters. The van der Waals surface area contributed by atoms with Crippen LogP contribution >= 0.6 is 0 Å². The van der Waals surface area contributed by atoms with Crippen molar-refractivity contribution in [2.45, 2.75) is 32.7 Å². The minimum atomic E-state index is -0.306. The highest BCUT2D eigenvalue weighted by molar-refractivity contribution is 5.56. The molecule has 0 bridgehead atoms. The molecule has 3 rings (SSSR count). The Labute approximate surface area is 122 Å². The standard InChI is InChI=1S/C15H18FN3O2/c1-2-15-18-14(19-21-15)8-17-12-6-5-11(16)7-13(12)20-9-10-3-4-10/h5-7,10,17H,2-4,8-9H2,1H3. The van der Waals surface area contributed by atoms with Gasteiger partial charge in [-0.05, 0) is 30.9 Å². The molecule has 0 spiro atoms. The minimum absolute atomic E-state index is 0.306. The molecule has 0 aliphatic heterocycles. The third-order valence-corrected chi connectivity index (χ3v) is 3.36. The van der Waals surface area contributed by atoms with Crippen LogP contribution in [-0.4, -0.2) is 16.7 Å². The minimum Gasteiger partial charge on any atom is -0.491 e. The number of nitrogens with one attached hydrogen (secondary N) is 1. The van der Waals surface area contributed by atoms with Gasteiger partial charge in [-0.3, -0.25) is 0 Å². The predicted octanol–water partition coefficient (Wildman–Crippen LogP) is 3.17. The summed E-state index contributed by atoms with van der Waals surface area (Å²) in [7, 11) is 0. The van der Waals surface area contributed by atoms with E-state index < -0.39 is 0 Å². The van der Waals surface area contributed by atoms with Gasteiger partial charge < -0.3 is 14.6 Å². The Hall–Kier alpha value is -2.11. The van der Waals surface area contributed by atoms with Gasteiger partial charge in [0.05, 0.1) is 18.8 Å². The smallest absolute Gasteiger partial charge is 0.226 e. The van der Waals surface area contributed by atoms with Crippen LogP contribution in [0.4, 0.5) is 10.1 Å². The first-order valence-electron chi connectivity index (χ1n) is 7.22. The van der Waals surface area contributed by atoms with Crippen molar-refractivity contribution in [1.82, 2.24) is 10.1 Å². The van der Waals surface area contributed by atoms with Crippen LogP contribution in [-0.2, 0) is 13.0 Å². The van der Waals surface area contributed by atoms with Gasteiger partial charge in [-0.1, -0.05) is 12.1 Å². The van der Waals surface area contributed by atoms with Crippen molar-refractivity contribution in [3.05, 3.63) is 35.7 Å². The predicted molar refractivity (Wildman–Crippen MR) is 75.6 cm³/mol. The van der Waals surface area contributed by atoms with Crippen LogP contribution in [0.5, 0.6) is 5.75 Å². The molecule has 1 saturated carbocycles. The number of benzene rings is 1. The van der Waals surface area contributed by atoms with Crippen LogP contribution in [0.2, 0.25) is 0 Å². The number of aromatic nitrogens is 2. The van der Waals surface area contributed by atoms with Crippen molar-refractivity contribution in [1.29, 1.82) is 0 Å². The first-order chi connectivity index (χ1) is 10.2. The lowest BCUT2D eigenvalue weighted by molar-refractivity contribution is 0.299. The lowest BCUT2D eigenvalue weighted by Crippen LogP contribution is -2.06. The molecule has 0 radical (unpaired) electrons. The van der Waals surface area contributed by atoms with Crippen molar-refractivity contribution >= 4 is 5.69 Å². The molecule has 1 aromatic carbocycles. The number of halogens is 1. The third-order valence-electron chi connectivity index (χ3n) is 3.36. The van der Waals surface area contributed by atoms with Gasteiger partial charge in [0.15, 0.2) is 5.82 Å². The second-order valence-electron chi connectivity index (χ2n) is 5.21. The summed E-state index contributed by atoms with van der Waals surface area (Å²) in [5.41, 5.74) is 0.736. The number of aryl methyl sites for hydroxylation is 1. The molecule has 1 aliphatic rings. The molecule has 5 nitrogen and oxygen atoms in total. The molecule has 1 aliphatic carbocycles. The fourth-order valence-electron chi connectivity index (χ4n) is 1.93. The molecule has 6 heteroatoms. The van der Waals surface area contributed by atoms with Crippen LogP contribution in [0.25, 0.3) is 0 Å². The number of hydrogen-bond donors (Lipinski definition) is 1. The average molecular weight is 291 g/mol. The summed E-state index contributed by atoms with van der Waals surface area (Å²) in [4.78, 5) is 4.22. The molecular formula is C15H18FN3O2. The third kappa shape index (κ3) is 3.71. The van der Waals surface area contributed by atoms with Crippen molar-refractivity contribution < 1.29 is 13.7 Å². The second-order valence-corrected chi connectivity index (χ2v) is 5.21.